The molecule has 5 nitrogen and oxygen atoms in total. The monoisotopic (exact) mass is 292 g/mol. The van der Waals surface area contributed by atoms with E-state index in [4.69, 9.17) is 5.73 Å². The van der Waals surface area contributed by atoms with Crippen molar-refractivity contribution < 1.29 is 4.79 Å². The maximum Gasteiger partial charge on any atom is 0.276 e. The molecule has 1 aromatic heterocycles. The van der Waals surface area contributed by atoms with Crippen LogP contribution in [0.1, 0.15) is 68.6 Å². The van der Waals surface area contributed by atoms with Crippen molar-refractivity contribution in [2.75, 3.05) is 18.8 Å². The van der Waals surface area contributed by atoms with Gasteiger partial charge in [0, 0.05) is 13.1 Å². The van der Waals surface area contributed by atoms with E-state index in [1.807, 2.05) is 4.90 Å². The number of hydrogen-bond donors (Lipinski definition) is 2. The van der Waals surface area contributed by atoms with Crippen molar-refractivity contribution >= 4 is 11.6 Å². The summed E-state index contributed by atoms with van der Waals surface area (Å²) in [5, 5.41) is 7.07. The number of nitrogens with one attached hydrogen (secondary N) is 1. The molecule has 0 spiro atoms. The molecule has 1 atom stereocenters. The Hall–Kier alpha value is -1.52. The number of nitrogen functional groups attached to an aromatic ring is 1. The van der Waals surface area contributed by atoms with Gasteiger partial charge in [0.05, 0.1) is 11.4 Å². The number of anilines is 1. The Morgan fingerprint density at radius 1 is 1.33 bits per heavy atom. The number of rotatable bonds is 5. The standard InChI is InChI=1S/C16H28N4O/c1-3-6-12-8-5-10-20(11-9-12)16(21)15-14(17)13(7-4-2)18-19-15/h12H,3-11,17H2,1-2H3,(H,18,19). The average molecular weight is 292 g/mol. The van der Waals surface area contributed by atoms with E-state index in [1.54, 1.807) is 0 Å². The number of nitrogens with two attached hydrogens (primary N) is 1. The number of likely N-dealkylation sites (tertiary alicyclic amines) is 1. The quantitative estimate of drug-likeness (QED) is 0.876. The number of aryl methyl sites for hydroxylation is 1. The van der Waals surface area contributed by atoms with Crippen LogP contribution in [0.2, 0.25) is 0 Å². The summed E-state index contributed by atoms with van der Waals surface area (Å²) in [7, 11) is 0. The van der Waals surface area contributed by atoms with Crippen molar-refractivity contribution in [1.29, 1.82) is 0 Å². The van der Waals surface area contributed by atoms with Gasteiger partial charge in [-0.25, -0.2) is 0 Å². The zero-order valence-corrected chi connectivity index (χ0v) is 13.3. The highest BCUT2D eigenvalue weighted by molar-refractivity contribution is 5.97. The van der Waals surface area contributed by atoms with Gasteiger partial charge in [-0.2, -0.15) is 5.10 Å². The van der Waals surface area contributed by atoms with Crippen LogP contribution in [0.4, 0.5) is 5.69 Å². The van der Waals surface area contributed by atoms with Gasteiger partial charge in [0.25, 0.3) is 5.91 Å². The molecule has 118 valence electrons. The molecule has 1 fully saturated rings. The van der Waals surface area contributed by atoms with Gasteiger partial charge in [-0.05, 0) is 31.6 Å². The maximum absolute atomic E-state index is 12.6. The van der Waals surface area contributed by atoms with E-state index in [1.165, 1.54) is 19.3 Å². The van der Waals surface area contributed by atoms with Crippen LogP contribution in [-0.4, -0.2) is 34.1 Å². The Morgan fingerprint density at radius 2 is 2.14 bits per heavy atom. The maximum atomic E-state index is 12.6. The highest BCUT2D eigenvalue weighted by Gasteiger charge is 2.25. The van der Waals surface area contributed by atoms with E-state index in [2.05, 4.69) is 24.0 Å². The molecule has 0 aliphatic carbocycles. The number of aromatic nitrogens is 2. The van der Waals surface area contributed by atoms with E-state index in [0.29, 0.717) is 11.4 Å². The van der Waals surface area contributed by atoms with Crippen molar-refractivity contribution in [2.24, 2.45) is 5.92 Å². The summed E-state index contributed by atoms with van der Waals surface area (Å²) in [5.74, 6) is 0.753. The van der Waals surface area contributed by atoms with Gasteiger partial charge in [-0.1, -0.05) is 33.1 Å². The van der Waals surface area contributed by atoms with Crippen LogP contribution in [-0.2, 0) is 6.42 Å². The number of amides is 1. The van der Waals surface area contributed by atoms with Crippen LogP contribution < -0.4 is 5.73 Å². The van der Waals surface area contributed by atoms with E-state index < -0.39 is 0 Å². The fourth-order valence-corrected chi connectivity index (χ4v) is 3.21. The van der Waals surface area contributed by atoms with Crippen LogP contribution in [0.25, 0.3) is 0 Å². The predicted molar refractivity (Wildman–Crippen MR) is 85.1 cm³/mol. The summed E-state index contributed by atoms with van der Waals surface area (Å²) in [6, 6.07) is 0. The summed E-state index contributed by atoms with van der Waals surface area (Å²) in [6.45, 7) is 5.98. The van der Waals surface area contributed by atoms with Gasteiger partial charge >= 0.3 is 0 Å². The minimum Gasteiger partial charge on any atom is -0.395 e. The third kappa shape index (κ3) is 3.77. The molecule has 1 aliphatic heterocycles. The van der Waals surface area contributed by atoms with Crippen molar-refractivity contribution in [2.45, 2.75) is 58.8 Å². The first-order chi connectivity index (χ1) is 10.2. The summed E-state index contributed by atoms with van der Waals surface area (Å²) in [6.07, 6.45) is 7.74. The zero-order chi connectivity index (χ0) is 15.2. The molecule has 0 bridgehead atoms. The molecule has 0 radical (unpaired) electrons. The lowest BCUT2D eigenvalue weighted by Crippen LogP contribution is -2.32. The second kappa shape index (κ2) is 7.48. The van der Waals surface area contributed by atoms with Crippen molar-refractivity contribution in [1.82, 2.24) is 15.1 Å². The van der Waals surface area contributed by atoms with Crippen molar-refractivity contribution in [3.05, 3.63) is 11.4 Å². The topological polar surface area (TPSA) is 75.0 Å². The molecular formula is C16H28N4O. The van der Waals surface area contributed by atoms with E-state index in [9.17, 15) is 4.79 Å². The molecule has 1 aliphatic rings. The Bertz CT molecular complexity index is 469. The predicted octanol–water partition coefficient (Wildman–Crippen LogP) is 2.99. The van der Waals surface area contributed by atoms with Crippen LogP contribution in [0.5, 0.6) is 0 Å². The number of hydrogen-bond acceptors (Lipinski definition) is 3. The fraction of sp³-hybridized carbons (Fsp3) is 0.750. The van der Waals surface area contributed by atoms with Crippen LogP contribution in [0.3, 0.4) is 0 Å². The highest BCUT2D eigenvalue weighted by atomic mass is 16.2. The molecule has 1 saturated heterocycles. The molecule has 2 heterocycles. The molecule has 5 heteroatoms. The Labute approximate surface area is 127 Å². The van der Waals surface area contributed by atoms with Gasteiger partial charge in [0.15, 0.2) is 5.69 Å². The van der Waals surface area contributed by atoms with E-state index in [0.717, 1.165) is 50.4 Å². The van der Waals surface area contributed by atoms with Crippen molar-refractivity contribution in [3.63, 3.8) is 0 Å². The average Bonchev–Trinajstić information content (AvgIpc) is 2.70. The van der Waals surface area contributed by atoms with Crippen molar-refractivity contribution in [3.8, 4) is 0 Å². The minimum absolute atomic E-state index is 0.0109. The largest absolute Gasteiger partial charge is 0.395 e. The van der Waals surface area contributed by atoms with E-state index >= 15 is 0 Å². The van der Waals surface area contributed by atoms with Crippen LogP contribution in [0.15, 0.2) is 0 Å². The Morgan fingerprint density at radius 3 is 2.86 bits per heavy atom. The first-order valence-corrected chi connectivity index (χ1v) is 8.29. The summed E-state index contributed by atoms with van der Waals surface area (Å²) >= 11 is 0. The highest BCUT2D eigenvalue weighted by Crippen LogP contribution is 2.24. The molecule has 3 N–H and O–H groups in total. The van der Waals surface area contributed by atoms with Gasteiger partial charge in [-0.3, -0.25) is 9.89 Å². The zero-order valence-electron chi connectivity index (χ0n) is 13.3. The Balaban J connectivity index is 2.02. The minimum atomic E-state index is -0.0109. The van der Waals surface area contributed by atoms with Crippen LogP contribution >= 0.6 is 0 Å². The molecule has 2 rings (SSSR count). The third-order valence-corrected chi connectivity index (χ3v) is 4.42. The fourth-order valence-electron chi connectivity index (χ4n) is 3.21. The summed E-state index contributed by atoms with van der Waals surface area (Å²) in [5.41, 5.74) is 7.91. The van der Waals surface area contributed by atoms with E-state index in [-0.39, 0.29) is 5.91 Å². The van der Waals surface area contributed by atoms with Gasteiger partial charge in [0.1, 0.15) is 0 Å². The molecular weight excluding hydrogens is 264 g/mol. The molecule has 1 unspecified atom stereocenters. The number of aromatic amines is 1. The molecule has 1 aromatic rings. The lowest BCUT2D eigenvalue weighted by molar-refractivity contribution is 0.0755. The molecule has 21 heavy (non-hydrogen) atoms. The third-order valence-electron chi connectivity index (χ3n) is 4.42. The lowest BCUT2D eigenvalue weighted by atomic mass is 9.96. The van der Waals surface area contributed by atoms with Gasteiger partial charge < -0.3 is 10.6 Å². The second-order valence-electron chi connectivity index (χ2n) is 6.09. The molecule has 1 amide bonds. The molecule has 0 aromatic carbocycles. The number of carbonyl (C=O) groups excluding carboxylic acids is 1. The SMILES string of the molecule is CCCc1[nH]nc(C(=O)N2CCCC(CCC)CC2)c1N. The smallest absolute Gasteiger partial charge is 0.276 e. The number of carbonyl (C=O) groups is 1. The first-order valence-electron chi connectivity index (χ1n) is 8.29. The Kier molecular flexibility index (Phi) is 5.65. The lowest BCUT2D eigenvalue weighted by Gasteiger charge is -2.19. The number of nitrogens with zero attached hydrogens (tertiary/aromatic N) is 2. The summed E-state index contributed by atoms with van der Waals surface area (Å²) < 4.78 is 0. The van der Waals surface area contributed by atoms with Gasteiger partial charge in [0.2, 0.25) is 0 Å². The first kappa shape index (κ1) is 15.9. The van der Waals surface area contributed by atoms with Crippen LogP contribution in [0, 0.1) is 5.92 Å². The molecule has 0 saturated carbocycles. The second-order valence-corrected chi connectivity index (χ2v) is 6.09. The van der Waals surface area contributed by atoms with Gasteiger partial charge in [-0.15, -0.1) is 0 Å². The normalized spacial score (nSPS) is 19.5. The summed E-state index contributed by atoms with van der Waals surface area (Å²) in [4.78, 5) is 14.5. The number of H-pyrrole nitrogens is 1.